The number of benzene rings is 1. The fourth-order valence-electron chi connectivity index (χ4n) is 2.59. The Labute approximate surface area is 160 Å². The highest BCUT2D eigenvalue weighted by atomic mass is 16.5. The Morgan fingerprint density at radius 2 is 1.30 bits per heavy atom. The number of unbranched alkanes of at least 4 members (excludes halogenated alkanes) is 7. The van der Waals surface area contributed by atoms with Crippen molar-refractivity contribution >= 4 is 17.9 Å². The van der Waals surface area contributed by atoms with Crippen LogP contribution in [0, 0.1) is 0 Å². The second kappa shape index (κ2) is 13.6. The number of ether oxygens (including phenoxy) is 2. The first kappa shape index (κ1) is 22.4. The maximum Gasteiger partial charge on any atom is 0.339 e. The second-order valence-corrected chi connectivity index (χ2v) is 6.19. The van der Waals surface area contributed by atoms with E-state index >= 15 is 0 Å². The molecule has 0 amide bonds. The zero-order valence-corrected chi connectivity index (χ0v) is 15.7. The minimum Gasteiger partial charge on any atom is -0.478 e. The molecule has 0 atom stereocenters. The zero-order valence-electron chi connectivity index (χ0n) is 15.7. The summed E-state index contributed by atoms with van der Waals surface area (Å²) >= 11 is 0. The number of carboxylic acids is 1. The van der Waals surface area contributed by atoms with E-state index in [2.05, 4.69) is 6.58 Å². The maximum atomic E-state index is 12.0. The van der Waals surface area contributed by atoms with Crippen molar-refractivity contribution in [2.75, 3.05) is 13.2 Å². The highest BCUT2D eigenvalue weighted by molar-refractivity contribution is 6.02. The molecule has 0 aliphatic carbocycles. The molecule has 0 unspecified atom stereocenters. The first-order chi connectivity index (χ1) is 13.1. The predicted octanol–water partition coefficient (Wildman–Crippen LogP) is 4.39. The molecule has 0 spiro atoms. The van der Waals surface area contributed by atoms with Crippen LogP contribution >= 0.6 is 0 Å². The van der Waals surface area contributed by atoms with Crippen LogP contribution < -0.4 is 0 Å². The highest BCUT2D eigenvalue weighted by Gasteiger charge is 2.16. The second-order valence-electron chi connectivity index (χ2n) is 6.19. The third-order valence-electron chi connectivity index (χ3n) is 4.06. The molecular weight excluding hydrogens is 348 g/mol. The standard InChI is InChI=1S/C21H28O6/c1-2-19(22)26-15-11-7-5-3-4-6-8-12-16-27-21(25)18-14-10-9-13-17(18)20(23)24/h2,9-10,13-14H,1,3-8,11-12,15-16H2,(H,23,24). The monoisotopic (exact) mass is 376 g/mol. The maximum absolute atomic E-state index is 12.0. The van der Waals surface area contributed by atoms with E-state index in [-0.39, 0.29) is 17.1 Å². The lowest BCUT2D eigenvalue weighted by molar-refractivity contribution is -0.137. The molecule has 0 radical (unpaired) electrons. The molecule has 0 aromatic heterocycles. The molecule has 1 aromatic carbocycles. The summed E-state index contributed by atoms with van der Waals surface area (Å²) in [6.45, 7) is 4.08. The van der Waals surface area contributed by atoms with E-state index in [1.54, 1.807) is 12.1 Å². The van der Waals surface area contributed by atoms with Crippen molar-refractivity contribution in [1.29, 1.82) is 0 Å². The van der Waals surface area contributed by atoms with Crippen LogP contribution in [0.25, 0.3) is 0 Å². The molecule has 0 aliphatic rings. The quantitative estimate of drug-likeness (QED) is 0.294. The van der Waals surface area contributed by atoms with Gasteiger partial charge in [0.1, 0.15) is 0 Å². The van der Waals surface area contributed by atoms with Crippen LogP contribution in [0.15, 0.2) is 36.9 Å². The fraction of sp³-hybridized carbons (Fsp3) is 0.476. The van der Waals surface area contributed by atoms with Gasteiger partial charge < -0.3 is 14.6 Å². The molecule has 0 saturated carbocycles. The lowest BCUT2D eigenvalue weighted by Crippen LogP contribution is -2.12. The molecule has 1 aromatic rings. The van der Waals surface area contributed by atoms with Crippen LogP contribution in [0.3, 0.4) is 0 Å². The molecule has 0 saturated heterocycles. The topological polar surface area (TPSA) is 89.9 Å². The van der Waals surface area contributed by atoms with E-state index in [1.165, 1.54) is 18.2 Å². The van der Waals surface area contributed by atoms with Crippen molar-refractivity contribution < 1.29 is 29.0 Å². The Balaban J connectivity index is 2.02. The van der Waals surface area contributed by atoms with Gasteiger partial charge in [-0.3, -0.25) is 0 Å². The summed E-state index contributed by atoms with van der Waals surface area (Å²) < 4.78 is 10.1. The summed E-state index contributed by atoms with van der Waals surface area (Å²) in [4.78, 5) is 33.9. The SMILES string of the molecule is C=CC(=O)OCCCCCCCCCCOC(=O)c1ccccc1C(=O)O. The minimum absolute atomic E-state index is 0.0400. The highest BCUT2D eigenvalue weighted by Crippen LogP contribution is 2.12. The lowest BCUT2D eigenvalue weighted by atomic mass is 10.1. The van der Waals surface area contributed by atoms with Gasteiger partial charge in [-0.25, -0.2) is 14.4 Å². The molecule has 6 heteroatoms. The van der Waals surface area contributed by atoms with E-state index in [0.29, 0.717) is 13.2 Å². The average Bonchev–Trinajstić information content (AvgIpc) is 2.68. The van der Waals surface area contributed by atoms with Crippen LogP contribution in [-0.4, -0.2) is 36.2 Å². The van der Waals surface area contributed by atoms with Crippen LogP contribution in [0.2, 0.25) is 0 Å². The molecule has 0 heterocycles. The van der Waals surface area contributed by atoms with Gasteiger partial charge in [-0.2, -0.15) is 0 Å². The summed E-state index contributed by atoms with van der Waals surface area (Å²) in [5.41, 5.74) is 0.0468. The van der Waals surface area contributed by atoms with Gasteiger partial charge in [-0.15, -0.1) is 0 Å². The third kappa shape index (κ3) is 9.58. The number of hydrogen-bond acceptors (Lipinski definition) is 5. The first-order valence-electron chi connectivity index (χ1n) is 9.35. The molecule has 0 fully saturated rings. The van der Waals surface area contributed by atoms with E-state index in [1.807, 2.05) is 0 Å². The number of rotatable bonds is 14. The van der Waals surface area contributed by atoms with Gasteiger partial charge in [0.2, 0.25) is 0 Å². The Morgan fingerprint density at radius 1 is 0.815 bits per heavy atom. The Hall–Kier alpha value is -2.63. The number of carbonyl (C=O) groups is 3. The van der Waals surface area contributed by atoms with Gasteiger partial charge in [-0.1, -0.05) is 57.2 Å². The van der Waals surface area contributed by atoms with Crippen LogP contribution in [-0.2, 0) is 14.3 Å². The van der Waals surface area contributed by atoms with Crippen molar-refractivity contribution in [2.24, 2.45) is 0 Å². The van der Waals surface area contributed by atoms with Crippen molar-refractivity contribution in [3.8, 4) is 0 Å². The van der Waals surface area contributed by atoms with Crippen molar-refractivity contribution in [3.05, 3.63) is 48.0 Å². The fourth-order valence-corrected chi connectivity index (χ4v) is 2.59. The Kier molecular flexibility index (Phi) is 11.3. The van der Waals surface area contributed by atoms with E-state index in [4.69, 9.17) is 14.6 Å². The average molecular weight is 376 g/mol. The Bertz CT molecular complexity index is 623. The smallest absolute Gasteiger partial charge is 0.339 e. The van der Waals surface area contributed by atoms with E-state index < -0.39 is 11.9 Å². The number of hydrogen-bond donors (Lipinski definition) is 1. The van der Waals surface area contributed by atoms with Gasteiger partial charge in [0.15, 0.2) is 0 Å². The van der Waals surface area contributed by atoms with Crippen LogP contribution in [0.1, 0.15) is 72.1 Å². The summed E-state index contributed by atoms with van der Waals surface area (Å²) in [5.74, 6) is -2.10. The minimum atomic E-state index is -1.14. The van der Waals surface area contributed by atoms with Gasteiger partial charge in [0.05, 0.1) is 24.3 Å². The molecule has 27 heavy (non-hydrogen) atoms. The summed E-state index contributed by atoms with van der Waals surface area (Å²) in [7, 11) is 0. The zero-order chi connectivity index (χ0) is 19.9. The molecule has 1 N–H and O–H groups in total. The summed E-state index contributed by atoms with van der Waals surface area (Å²) in [5, 5.41) is 9.08. The first-order valence-corrected chi connectivity index (χ1v) is 9.35. The molecule has 148 valence electrons. The predicted molar refractivity (Wildman–Crippen MR) is 102 cm³/mol. The Morgan fingerprint density at radius 3 is 1.81 bits per heavy atom. The van der Waals surface area contributed by atoms with Crippen molar-refractivity contribution in [2.45, 2.75) is 51.4 Å². The normalized spacial score (nSPS) is 10.2. The van der Waals surface area contributed by atoms with Gasteiger partial charge in [0.25, 0.3) is 0 Å². The third-order valence-corrected chi connectivity index (χ3v) is 4.06. The van der Waals surface area contributed by atoms with Gasteiger partial charge in [0, 0.05) is 6.08 Å². The van der Waals surface area contributed by atoms with Crippen LogP contribution in [0.5, 0.6) is 0 Å². The van der Waals surface area contributed by atoms with Crippen molar-refractivity contribution in [1.82, 2.24) is 0 Å². The summed E-state index contributed by atoms with van der Waals surface area (Å²) in [6, 6.07) is 6.05. The number of aromatic carboxylic acids is 1. The van der Waals surface area contributed by atoms with Gasteiger partial charge in [-0.05, 0) is 25.0 Å². The largest absolute Gasteiger partial charge is 0.478 e. The number of esters is 2. The molecule has 1 rings (SSSR count). The summed E-state index contributed by atoms with van der Waals surface area (Å²) in [6.07, 6.45) is 9.20. The molecule has 0 bridgehead atoms. The van der Waals surface area contributed by atoms with Gasteiger partial charge >= 0.3 is 17.9 Å². The molecule has 0 aliphatic heterocycles. The number of carbonyl (C=O) groups excluding carboxylic acids is 2. The molecular formula is C21H28O6. The van der Waals surface area contributed by atoms with Crippen LogP contribution in [0.4, 0.5) is 0 Å². The van der Waals surface area contributed by atoms with Crippen molar-refractivity contribution in [3.63, 3.8) is 0 Å². The van der Waals surface area contributed by atoms with E-state index in [0.717, 1.165) is 51.4 Å². The number of carboxylic acid groups (broad SMARTS) is 1. The molecule has 6 nitrogen and oxygen atoms in total. The van der Waals surface area contributed by atoms with E-state index in [9.17, 15) is 14.4 Å². The lowest BCUT2D eigenvalue weighted by Gasteiger charge is -2.07.